The standard InChI is InChI=1S/C16H19F2N3O.C6H5F2NO/c1-20-15(11-7-12(17)9-13(18)8-11)5-6-16(20)19-21(10-22)14-3-2-4-14;7-6(8)4-1-2-5(10)9-3-4/h7-10,14-15H,2-6H2,1H3;1-3,6H,(H,9,10)/b19-16-;. The van der Waals surface area contributed by atoms with Crippen LogP contribution in [0.2, 0.25) is 0 Å². The summed E-state index contributed by atoms with van der Waals surface area (Å²) in [6.07, 6.45) is 3.77. The first-order valence-corrected chi connectivity index (χ1v) is 10.2. The van der Waals surface area contributed by atoms with Crippen molar-refractivity contribution < 1.29 is 22.4 Å². The molecule has 1 saturated carbocycles. The number of aromatic nitrogens is 1. The fourth-order valence-electron chi connectivity index (χ4n) is 3.63. The van der Waals surface area contributed by atoms with Gasteiger partial charge < -0.3 is 9.88 Å². The van der Waals surface area contributed by atoms with Gasteiger partial charge in [-0.1, -0.05) is 0 Å². The number of nitrogens with zero attached hydrogens (tertiary/aromatic N) is 3. The second-order valence-corrected chi connectivity index (χ2v) is 7.74. The topological polar surface area (TPSA) is 68.8 Å². The van der Waals surface area contributed by atoms with Crippen molar-refractivity contribution in [2.45, 2.75) is 50.6 Å². The third-order valence-electron chi connectivity index (χ3n) is 5.63. The lowest BCUT2D eigenvalue weighted by molar-refractivity contribution is -0.121. The van der Waals surface area contributed by atoms with E-state index in [0.29, 0.717) is 12.0 Å². The first-order valence-electron chi connectivity index (χ1n) is 10.2. The van der Waals surface area contributed by atoms with Crippen LogP contribution in [-0.2, 0) is 4.79 Å². The minimum absolute atomic E-state index is 0.112. The number of likely N-dealkylation sites (tertiary alicyclic amines) is 1. The van der Waals surface area contributed by atoms with Gasteiger partial charge in [-0.05, 0) is 49.4 Å². The van der Waals surface area contributed by atoms with Crippen molar-refractivity contribution >= 4 is 12.2 Å². The molecule has 1 aromatic heterocycles. The largest absolute Gasteiger partial charge is 0.355 e. The quantitative estimate of drug-likeness (QED) is 0.416. The number of benzene rings is 1. The Morgan fingerprint density at radius 2 is 1.84 bits per heavy atom. The normalized spacial score (nSPS) is 19.5. The van der Waals surface area contributed by atoms with E-state index in [1.54, 1.807) is 0 Å². The van der Waals surface area contributed by atoms with Crippen molar-refractivity contribution in [3.8, 4) is 0 Å². The summed E-state index contributed by atoms with van der Waals surface area (Å²) in [5, 5.41) is 5.93. The maximum absolute atomic E-state index is 13.4. The van der Waals surface area contributed by atoms with Gasteiger partial charge in [0.15, 0.2) is 0 Å². The van der Waals surface area contributed by atoms with Crippen molar-refractivity contribution in [2.24, 2.45) is 5.10 Å². The second kappa shape index (κ2) is 10.4. The lowest BCUT2D eigenvalue weighted by Crippen LogP contribution is -2.37. The minimum atomic E-state index is -2.52. The fourth-order valence-corrected chi connectivity index (χ4v) is 3.63. The number of rotatable bonds is 5. The Kier molecular flexibility index (Phi) is 7.66. The molecule has 1 saturated heterocycles. The molecular weight excluding hydrogens is 428 g/mol. The van der Waals surface area contributed by atoms with Gasteiger partial charge in [0, 0.05) is 37.4 Å². The maximum atomic E-state index is 13.4. The maximum Gasteiger partial charge on any atom is 0.265 e. The van der Waals surface area contributed by atoms with E-state index < -0.39 is 18.1 Å². The molecule has 0 radical (unpaired) electrons. The molecule has 1 aliphatic heterocycles. The van der Waals surface area contributed by atoms with Crippen LogP contribution in [0, 0.1) is 11.6 Å². The Hall–Kier alpha value is -3.17. The second-order valence-electron chi connectivity index (χ2n) is 7.74. The molecule has 2 aromatic rings. The number of aromatic amines is 1. The van der Waals surface area contributed by atoms with Crippen molar-refractivity contribution in [2.75, 3.05) is 7.05 Å². The van der Waals surface area contributed by atoms with Gasteiger partial charge in [-0.3, -0.25) is 9.59 Å². The number of amides is 1. The number of hydrazone groups is 1. The zero-order chi connectivity index (χ0) is 23.3. The molecule has 0 bridgehead atoms. The van der Waals surface area contributed by atoms with Crippen molar-refractivity contribution in [3.63, 3.8) is 0 Å². The number of pyridine rings is 1. The van der Waals surface area contributed by atoms with E-state index in [2.05, 4.69) is 10.1 Å². The zero-order valence-electron chi connectivity index (χ0n) is 17.5. The molecule has 1 amide bonds. The van der Waals surface area contributed by atoms with Gasteiger partial charge in [0.1, 0.15) is 17.5 Å². The highest BCUT2D eigenvalue weighted by atomic mass is 19.3. The Morgan fingerprint density at radius 1 is 1.16 bits per heavy atom. The van der Waals surface area contributed by atoms with Crippen LogP contribution in [0.1, 0.15) is 55.7 Å². The van der Waals surface area contributed by atoms with E-state index in [0.717, 1.165) is 62.3 Å². The van der Waals surface area contributed by atoms with Gasteiger partial charge >= 0.3 is 0 Å². The summed E-state index contributed by atoms with van der Waals surface area (Å²) < 4.78 is 50.3. The smallest absolute Gasteiger partial charge is 0.265 e. The third-order valence-corrected chi connectivity index (χ3v) is 5.63. The highest BCUT2D eigenvalue weighted by molar-refractivity contribution is 5.85. The van der Waals surface area contributed by atoms with Crippen LogP contribution in [0.3, 0.4) is 0 Å². The predicted molar refractivity (Wildman–Crippen MR) is 111 cm³/mol. The monoisotopic (exact) mass is 452 g/mol. The summed E-state index contributed by atoms with van der Waals surface area (Å²) in [6.45, 7) is 0. The lowest BCUT2D eigenvalue weighted by Gasteiger charge is -2.32. The van der Waals surface area contributed by atoms with Crippen LogP contribution < -0.4 is 5.56 Å². The number of carbonyl (C=O) groups is 1. The van der Waals surface area contributed by atoms with Crippen LogP contribution in [-0.4, -0.2) is 40.2 Å². The first kappa shape index (κ1) is 23.5. The summed E-state index contributed by atoms with van der Waals surface area (Å²) in [4.78, 5) is 25.6. The molecule has 10 heteroatoms. The van der Waals surface area contributed by atoms with Crippen LogP contribution in [0.25, 0.3) is 0 Å². The molecule has 6 nitrogen and oxygen atoms in total. The van der Waals surface area contributed by atoms with Crippen LogP contribution in [0.15, 0.2) is 46.4 Å². The first-order chi connectivity index (χ1) is 15.3. The zero-order valence-corrected chi connectivity index (χ0v) is 17.5. The molecule has 4 rings (SSSR count). The fraction of sp³-hybridized carbons (Fsp3) is 0.409. The molecule has 1 unspecified atom stereocenters. The highest BCUT2D eigenvalue weighted by Crippen LogP contribution is 2.33. The molecular formula is C22H24F4N4O2. The molecule has 172 valence electrons. The summed E-state index contributed by atoms with van der Waals surface area (Å²) in [6, 6.07) is 5.85. The molecule has 32 heavy (non-hydrogen) atoms. The number of halogens is 4. The summed E-state index contributed by atoms with van der Waals surface area (Å²) in [7, 11) is 1.85. The molecule has 1 N–H and O–H groups in total. The Balaban J connectivity index is 0.000000243. The minimum Gasteiger partial charge on any atom is -0.355 e. The third kappa shape index (κ3) is 5.74. The molecule has 1 atom stereocenters. The van der Waals surface area contributed by atoms with E-state index in [9.17, 15) is 27.2 Å². The molecule has 1 aromatic carbocycles. The van der Waals surface area contributed by atoms with Crippen LogP contribution in [0.4, 0.5) is 17.6 Å². The van der Waals surface area contributed by atoms with Crippen molar-refractivity contribution in [3.05, 3.63) is 69.6 Å². The van der Waals surface area contributed by atoms with Gasteiger partial charge in [0.2, 0.25) is 12.0 Å². The van der Waals surface area contributed by atoms with E-state index in [4.69, 9.17) is 0 Å². The molecule has 2 fully saturated rings. The van der Waals surface area contributed by atoms with E-state index in [1.807, 2.05) is 11.9 Å². The van der Waals surface area contributed by atoms with Gasteiger partial charge in [-0.15, -0.1) is 0 Å². The molecule has 1 aliphatic carbocycles. The SMILES string of the molecule is CN1/C(=N\N(C=O)C2CCC2)CCC1c1cc(F)cc(F)c1.O=c1ccc(C(F)F)c[nH]1. The number of hydrogen-bond acceptors (Lipinski definition) is 3. The number of H-pyrrole nitrogens is 1. The lowest BCUT2D eigenvalue weighted by atomic mass is 9.93. The van der Waals surface area contributed by atoms with E-state index in [1.165, 1.54) is 17.1 Å². The number of hydrogen-bond donors (Lipinski definition) is 1. The average molecular weight is 452 g/mol. The van der Waals surface area contributed by atoms with Crippen molar-refractivity contribution in [1.29, 1.82) is 0 Å². The van der Waals surface area contributed by atoms with E-state index in [-0.39, 0.29) is 23.2 Å². The molecule has 0 spiro atoms. The summed E-state index contributed by atoms with van der Waals surface area (Å²) in [5.41, 5.74) is 0.0653. The Morgan fingerprint density at radius 3 is 2.34 bits per heavy atom. The summed E-state index contributed by atoms with van der Waals surface area (Å²) in [5.74, 6) is -0.357. The van der Waals surface area contributed by atoms with Gasteiger partial charge in [-0.25, -0.2) is 22.6 Å². The van der Waals surface area contributed by atoms with Crippen LogP contribution >= 0.6 is 0 Å². The van der Waals surface area contributed by atoms with E-state index >= 15 is 0 Å². The number of nitrogens with one attached hydrogen (secondary N) is 1. The predicted octanol–water partition coefficient (Wildman–Crippen LogP) is 4.37. The summed E-state index contributed by atoms with van der Waals surface area (Å²) >= 11 is 0. The molecule has 2 heterocycles. The Bertz CT molecular complexity index is 982. The number of amidine groups is 1. The van der Waals surface area contributed by atoms with Crippen molar-refractivity contribution in [1.82, 2.24) is 14.9 Å². The van der Waals surface area contributed by atoms with Gasteiger partial charge in [0.25, 0.3) is 6.43 Å². The van der Waals surface area contributed by atoms with Crippen LogP contribution in [0.5, 0.6) is 0 Å². The molecule has 2 aliphatic rings. The number of carbonyl (C=O) groups excluding carboxylic acids is 1. The average Bonchev–Trinajstić information content (AvgIpc) is 3.06. The van der Waals surface area contributed by atoms with Gasteiger partial charge in [-0.2, -0.15) is 5.10 Å². The highest BCUT2D eigenvalue weighted by Gasteiger charge is 2.31. The number of alkyl halides is 2. The Labute approximate surface area is 182 Å². The van der Waals surface area contributed by atoms with Gasteiger partial charge in [0.05, 0.1) is 12.1 Å².